The van der Waals surface area contributed by atoms with Gasteiger partial charge in [-0.3, -0.25) is 9.78 Å². The summed E-state index contributed by atoms with van der Waals surface area (Å²) in [4.78, 5) is 20.1. The third kappa shape index (κ3) is 3.86. The molecule has 0 fully saturated rings. The fourth-order valence-corrected chi connectivity index (χ4v) is 2.43. The highest BCUT2D eigenvalue weighted by atomic mass is 32.1. The van der Waals surface area contributed by atoms with E-state index in [1.54, 1.807) is 11.3 Å². The number of carbonyl (C=O) groups is 1. The van der Waals surface area contributed by atoms with E-state index >= 15 is 0 Å². The Labute approximate surface area is 116 Å². The molecule has 0 aliphatic carbocycles. The van der Waals surface area contributed by atoms with Crippen molar-refractivity contribution < 1.29 is 9.53 Å². The minimum atomic E-state index is -0.175. The number of aryl methyl sites for hydroxylation is 2. The second kappa shape index (κ2) is 6.43. The van der Waals surface area contributed by atoms with Gasteiger partial charge in [-0.2, -0.15) is 0 Å². The molecule has 0 unspecified atom stereocenters. The highest BCUT2D eigenvalue weighted by Gasteiger charge is 2.08. The second-order valence-corrected chi connectivity index (χ2v) is 5.03. The fourth-order valence-electron chi connectivity index (χ4n) is 1.60. The van der Waals surface area contributed by atoms with Crippen molar-refractivity contribution in [1.29, 1.82) is 0 Å². The number of pyridine rings is 1. The highest BCUT2D eigenvalue weighted by molar-refractivity contribution is 7.13. The van der Waals surface area contributed by atoms with E-state index in [1.807, 2.05) is 37.6 Å². The van der Waals surface area contributed by atoms with Crippen LogP contribution in [-0.4, -0.2) is 22.5 Å². The normalized spacial score (nSPS) is 10.4. The number of hydrogen-bond donors (Lipinski definition) is 0. The van der Waals surface area contributed by atoms with Crippen LogP contribution < -0.4 is 0 Å². The number of thiazole rings is 1. The topological polar surface area (TPSA) is 52.1 Å². The van der Waals surface area contributed by atoms with E-state index in [0.29, 0.717) is 19.4 Å². The largest absolute Gasteiger partial charge is 0.466 e. The summed E-state index contributed by atoms with van der Waals surface area (Å²) in [5, 5.41) is 2.86. The zero-order valence-corrected chi connectivity index (χ0v) is 11.9. The van der Waals surface area contributed by atoms with E-state index in [1.165, 1.54) is 0 Å². The van der Waals surface area contributed by atoms with Gasteiger partial charge in [-0.15, -0.1) is 11.3 Å². The first-order valence-corrected chi connectivity index (χ1v) is 7.10. The minimum Gasteiger partial charge on any atom is -0.466 e. The van der Waals surface area contributed by atoms with Crippen LogP contribution in [0, 0.1) is 6.92 Å². The lowest BCUT2D eigenvalue weighted by molar-refractivity contribution is -0.143. The molecule has 0 radical (unpaired) electrons. The van der Waals surface area contributed by atoms with Crippen LogP contribution >= 0.6 is 11.3 Å². The van der Waals surface area contributed by atoms with Gasteiger partial charge < -0.3 is 4.74 Å². The SMILES string of the molecule is CCOC(=O)CCc1csc(-c2ccc(C)cn2)n1. The first kappa shape index (κ1) is 13.7. The van der Waals surface area contributed by atoms with Crippen molar-refractivity contribution in [2.24, 2.45) is 0 Å². The Morgan fingerprint density at radius 2 is 2.26 bits per heavy atom. The van der Waals surface area contributed by atoms with Crippen molar-refractivity contribution in [3.05, 3.63) is 35.0 Å². The van der Waals surface area contributed by atoms with Crippen molar-refractivity contribution in [3.63, 3.8) is 0 Å². The summed E-state index contributed by atoms with van der Waals surface area (Å²) in [7, 11) is 0. The number of carbonyl (C=O) groups excluding carboxylic acids is 1. The van der Waals surface area contributed by atoms with E-state index in [-0.39, 0.29) is 5.97 Å². The predicted molar refractivity (Wildman–Crippen MR) is 75.0 cm³/mol. The van der Waals surface area contributed by atoms with Gasteiger partial charge in [0.2, 0.25) is 0 Å². The number of hydrogen-bond acceptors (Lipinski definition) is 5. The van der Waals surface area contributed by atoms with Gasteiger partial charge in [-0.1, -0.05) is 6.07 Å². The first-order chi connectivity index (χ1) is 9.19. The van der Waals surface area contributed by atoms with Gasteiger partial charge in [-0.25, -0.2) is 4.98 Å². The quantitative estimate of drug-likeness (QED) is 0.788. The molecule has 2 aromatic rings. The Morgan fingerprint density at radius 3 is 2.95 bits per heavy atom. The molecule has 0 aliphatic rings. The molecule has 19 heavy (non-hydrogen) atoms. The van der Waals surface area contributed by atoms with Crippen molar-refractivity contribution in [2.45, 2.75) is 26.7 Å². The number of ether oxygens (including phenoxy) is 1. The van der Waals surface area contributed by atoms with Crippen molar-refractivity contribution in [1.82, 2.24) is 9.97 Å². The van der Waals surface area contributed by atoms with Crippen molar-refractivity contribution in [3.8, 4) is 10.7 Å². The van der Waals surface area contributed by atoms with E-state index in [4.69, 9.17) is 4.74 Å². The predicted octanol–water partition coefficient (Wildman–Crippen LogP) is 3.01. The van der Waals surface area contributed by atoms with Crippen LogP contribution in [0.1, 0.15) is 24.6 Å². The lowest BCUT2D eigenvalue weighted by atomic mass is 10.2. The summed E-state index contributed by atoms with van der Waals surface area (Å²) in [6.45, 7) is 4.24. The summed E-state index contributed by atoms with van der Waals surface area (Å²) < 4.78 is 4.89. The van der Waals surface area contributed by atoms with Crippen LogP contribution in [0.25, 0.3) is 10.7 Å². The third-order valence-corrected chi connectivity index (χ3v) is 3.49. The van der Waals surface area contributed by atoms with E-state index < -0.39 is 0 Å². The molecule has 0 aromatic carbocycles. The molecule has 0 amide bonds. The molecule has 0 atom stereocenters. The van der Waals surface area contributed by atoms with E-state index in [9.17, 15) is 4.79 Å². The highest BCUT2D eigenvalue weighted by Crippen LogP contribution is 2.22. The maximum Gasteiger partial charge on any atom is 0.306 e. The molecule has 0 bridgehead atoms. The zero-order valence-electron chi connectivity index (χ0n) is 11.0. The van der Waals surface area contributed by atoms with Crippen LogP contribution in [0.15, 0.2) is 23.7 Å². The van der Waals surface area contributed by atoms with Gasteiger partial charge in [0, 0.05) is 18.0 Å². The average molecular weight is 276 g/mol. The van der Waals surface area contributed by atoms with Gasteiger partial charge in [0.1, 0.15) is 5.01 Å². The Balaban J connectivity index is 1.99. The maximum absolute atomic E-state index is 11.3. The lowest BCUT2D eigenvalue weighted by Crippen LogP contribution is -2.05. The molecule has 0 N–H and O–H groups in total. The molecule has 0 saturated carbocycles. The summed E-state index contributed by atoms with van der Waals surface area (Å²) >= 11 is 1.55. The lowest BCUT2D eigenvalue weighted by Gasteiger charge is -1.99. The number of nitrogens with zero attached hydrogens (tertiary/aromatic N) is 2. The molecular weight excluding hydrogens is 260 g/mol. The summed E-state index contributed by atoms with van der Waals surface area (Å²) in [6.07, 6.45) is 2.81. The fraction of sp³-hybridized carbons (Fsp3) is 0.357. The third-order valence-electron chi connectivity index (χ3n) is 2.57. The van der Waals surface area contributed by atoms with E-state index in [2.05, 4.69) is 9.97 Å². The van der Waals surface area contributed by atoms with Gasteiger partial charge in [-0.05, 0) is 25.5 Å². The average Bonchev–Trinajstić information content (AvgIpc) is 2.86. The Morgan fingerprint density at radius 1 is 1.42 bits per heavy atom. The Kier molecular flexibility index (Phi) is 4.63. The molecule has 2 aromatic heterocycles. The number of esters is 1. The molecule has 100 valence electrons. The minimum absolute atomic E-state index is 0.175. The second-order valence-electron chi connectivity index (χ2n) is 4.17. The smallest absolute Gasteiger partial charge is 0.306 e. The van der Waals surface area contributed by atoms with Crippen LogP contribution in [-0.2, 0) is 16.0 Å². The molecule has 0 spiro atoms. The zero-order chi connectivity index (χ0) is 13.7. The Hall–Kier alpha value is -1.75. The Bertz CT molecular complexity index is 549. The van der Waals surface area contributed by atoms with Gasteiger partial charge in [0.25, 0.3) is 0 Å². The summed E-state index contributed by atoms with van der Waals surface area (Å²) in [5.41, 5.74) is 2.91. The number of rotatable bonds is 5. The van der Waals surface area contributed by atoms with Crippen molar-refractivity contribution in [2.75, 3.05) is 6.61 Å². The van der Waals surface area contributed by atoms with Gasteiger partial charge in [0.05, 0.1) is 24.4 Å². The molecule has 0 aliphatic heterocycles. The van der Waals surface area contributed by atoms with Crippen LogP contribution in [0.3, 0.4) is 0 Å². The van der Waals surface area contributed by atoms with Crippen molar-refractivity contribution >= 4 is 17.3 Å². The van der Waals surface area contributed by atoms with E-state index in [0.717, 1.165) is 22.0 Å². The molecule has 0 saturated heterocycles. The summed E-state index contributed by atoms with van der Waals surface area (Å²) in [5.74, 6) is -0.175. The molecule has 2 heterocycles. The molecular formula is C14H16N2O2S. The van der Waals surface area contributed by atoms with Gasteiger partial charge >= 0.3 is 5.97 Å². The van der Waals surface area contributed by atoms with Crippen LogP contribution in [0.2, 0.25) is 0 Å². The van der Waals surface area contributed by atoms with Gasteiger partial charge in [0.15, 0.2) is 0 Å². The van der Waals surface area contributed by atoms with Crippen LogP contribution in [0.4, 0.5) is 0 Å². The summed E-state index contributed by atoms with van der Waals surface area (Å²) in [6, 6.07) is 3.98. The first-order valence-electron chi connectivity index (χ1n) is 6.22. The maximum atomic E-state index is 11.3. The standard InChI is InChI=1S/C14H16N2O2S/c1-3-18-13(17)7-5-11-9-19-14(16-11)12-6-4-10(2)8-15-12/h4,6,8-9H,3,5,7H2,1-2H3. The van der Waals surface area contributed by atoms with Crippen LogP contribution in [0.5, 0.6) is 0 Å². The molecule has 4 nitrogen and oxygen atoms in total. The monoisotopic (exact) mass is 276 g/mol. The molecule has 5 heteroatoms. The number of aromatic nitrogens is 2. The molecule has 2 rings (SSSR count).